The molecule has 14 heteroatoms. The van der Waals surface area contributed by atoms with E-state index in [2.05, 4.69) is 19.9 Å². The molecule has 0 aliphatic rings. The molecule has 0 saturated heterocycles. The van der Waals surface area contributed by atoms with Crippen molar-refractivity contribution in [1.82, 2.24) is 19.9 Å². The lowest BCUT2D eigenvalue weighted by Gasteiger charge is -2.01. The third kappa shape index (κ3) is 9.39. The highest BCUT2D eigenvalue weighted by atomic mass is 16.4. The van der Waals surface area contributed by atoms with Crippen molar-refractivity contribution in [3.63, 3.8) is 0 Å². The van der Waals surface area contributed by atoms with Crippen LogP contribution in [0.1, 0.15) is 28.9 Å². The second kappa shape index (κ2) is 12.3. The minimum atomic E-state index is -1.17. The summed E-state index contributed by atoms with van der Waals surface area (Å²) in [4.78, 5) is 55.5. The van der Waals surface area contributed by atoms with Gasteiger partial charge in [-0.25, -0.2) is 14.8 Å². The molecule has 3 rings (SSSR count). The SMILES string of the molecule is Cc1cnc2nc(N)[nH]c(=O)c2n1.N[C@@H](CCC(=O)O)C(=O)O.Nc1ccc(C(=O)O)cc1. The molecule has 0 bridgehead atoms. The van der Waals surface area contributed by atoms with E-state index in [9.17, 15) is 19.2 Å². The summed E-state index contributed by atoms with van der Waals surface area (Å²) in [5, 5.41) is 24.7. The Morgan fingerprint density at radius 1 is 1.06 bits per heavy atom. The van der Waals surface area contributed by atoms with E-state index in [-0.39, 0.29) is 41.1 Å². The minimum absolute atomic E-state index is 0.0231. The van der Waals surface area contributed by atoms with E-state index in [1.165, 1.54) is 18.3 Å². The lowest BCUT2D eigenvalue weighted by molar-refractivity contribution is -0.139. The first-order valence-electron chi connectivity index (χ1n) is 9.18. The third-order valence-corrected chi connectivity index (χ3v) is 3.70. The number of nitrogens with zero attached hydrogens (tertiary/aromatic N) is 3. The van der Waals surface area contributed by atoms with Crippen LogP contribution in [0.4, 0.5) is 11.6 Å². The van der Waals surface area contributed by atoms with Crippen molar-refractivity contribution in [3.8, 4) is 0 Å². The summed E-state index contributed by atoms with van der Waals surface area (Å²) in [5.74, 6) is -3.08. The predicted octanol–water partition coefficient (Wildman–Crippen LogP) is -0.166. The van der Waals surface area contributed by atoms with Crippen molar-refractivity contribution in [2.24, 2.45) is 5.73 Å². The molecule has 0 fully saturated rings. The fourth-order valence-corrected chi connectivity index (χ4v) is 2.05. The molecule has 33 heavy (non-hydrogen) atoms. The molecule has 0 unspecified atom stereocenters. The van der Waals surface area contributed by atoms with Crippen molar-refractivity contribution in [2.45, 2.75) is 25.8 Å². The summed E-state index contributed by atoms with van der Waals surface area (Å²) >= 11 is 0. The van der Waals surface area contributed by atoms with Gasteiger partial charge < -0.3 is 32.5 Å². The van der Waals surface area contributed by atoms with Crippen LogP contribution in [-0.2, 0) is 9.59 Å². The number of benzene rings is 1. The minimum Gasteiger partial charge on any atom is -0.481 e. The van der Waals surface area contributed by atoms with Gasteiger partial charge in [0.15, 0.2) is 11.2 Å². The molecule has 2 aromatic heterocycles. The molecule has 10 N–H and O–H groups in total. The lowest BCUT2D eigenvalue weighted by Crippen LogP contribution is -2.30. The molecule has 3 aromatic rings. The van der Waals surface area contributed by atoms with Gasteiger partial charge in [0.05, 0.1) is 17.5 Å². The second-order valence-electron chi connectivity index (χ2n) is 6.44. The Balaban J connectivity index is 0.000000252. The number of aromatic nitrogens is 4. The van der Waals surface area contributed by atoms with Crippen LogP contribution in [0.3, 0.4) is 0 Å². The Morgan fingerprint density at radius 2 is 1.67 bits per heavy atom. The zero-order valence-corrected chi connectivity index (χ0v) is 17.4. The Hall–Kier alpha value is -4.59. The van der Waals surface area contributed by atoms with Gasteiger partial charge in [-0.05, 0) is 37.6 Å². The molecule has 1 atom stereocenters. The van der Waals surface area contributed by atoms with Crippen molar-refractivity contribution < 1.29 is 29.7 Å². The van der Waals surface area contributed by atoms with E-state index in [4.69, 9.17) is 32.5 Å². The lowest BCUT2D eigenvalue weighted by atomic mass is 10.2. The first-order valence-corrected chi connectivity index (χ1v) is 9.18. The normalized spacial score (nSPS) is 10.7. The van der Waals surface area contributed by atoms with E-state index in [1.807, 2.05) is 0 Å². The number of anilines is 2. The molecule has 176 valence electrons. The summed E-state index contributed by atoms with van der Waals surface area (Å²) in [6, 6.07) is 5.00. The number of nitrogens with one attached hydrogen (secondary N) is 1. The number of rotatable bonds is 5. The number of carbonyl (C=O) groups is 3. The van der Waals surface area contributed by atoms with E-state index < -0.39 is 23.9 Å². The average Bonchev–Trinajstić information content (AvgIpc) is 2.73. The molecule has 2 heterocycles. The fourth-order valence-electron chi connectivity index (χ4n) is 2.05. The molecular weight excluding hydrogens is 438 g/mol. The average molecular weight is 461 g/mol. The van der Waals surface area contributed by atoms with E-state index >= 15 is 0 Å². The summed E-state index contributed by atoms with van der Waals surface area (Å²) in [6.45, 7) is 1.75. The number of carboxylic acids is 3. The van der Waals surface area contributed by atoms with Crippen LogP contribution in [0, 0.1) is 6.92 Å². The van der Waals surface area contributed by atoms with Gasteiger partial charge in [-0.15, -0.1) is 0 Å². The number of nitrogens with two attached hydrogens (primary N) is 3. The quantitative estimate of drug-likeness (QED) is 0.244. The highest BCUT2D eigenvalue weighted by Gasteiger charge is 2.12. The van der Waals surface area contributed by atoms with Crippen LogP contribution in [0.5, 0.6) is 0 Å². The molecular formula is C19H23N7O7. The highest BCUT2D eigenvalue weighted by molar-refractivity contribution is 5.87. The monoisotopic (exact) mass is 461 g/mol. The van der Waals surface area contributed by atoms with Gasteiger partial charge in [0.2, 0.25) is 5.95 Å². The standard InChI is InChI=1S/C7H7N5O.C7H7NO2.C5H9NO4/c1-3-2-9-5-4(10-3)6(13)12-7(8)11-5;8-6-3-1-5(2-4-6)7(9)10;6-3(5(9)10)1-2-4(7)8/h2H,1H3,(H3,8,9,11,12,13);1-4H,8H2,(H,9,10);3H,1-2,6H2,(H,7,8)(H,9,10)/t;;3-/m..0/s1. The van der Waals surface area contributed by atoms with Gasteiger partial charge in [0.1, 0.15) is 6.04 Å². The van der Waals surface area contributed by atoms with Crippen molar-refractivity contribution in [2.75, 3.05) is 11.5 Å². The number of fused-ring (bicyclic) bond motifs is 1. The number of carboxylic acid groups (broad SMARTS) is 3. The molecule has 0 aliphatic heterocycles. The number of hydrogen-bond acceptors (Lipinski definition) is 10. The van der Waals surface area contributed by atoms with Gasteiger partial charge in [-0.3, -0.25) is 19.4 Å². The van der Waals surface area contributed by atoms with Gasteiger partial charge >= 0.3 is 17.9 Å². The van der Waals surface area contributed by atoms with Crippen LogP contribution in [0.2, 0.25) is 0 Å². The number of aliphatic carboxylic acids is 2. The van der Waals surface area contributed by atoms with Gasteiger partial charge in [-0.2, -0.15) is 4.98 Å². The van der Waals surface area contributed by atoms with Crippen LogP contribution >= 0.6 is 0 Å². The predicted molar refractivity (Wildman–Crippen MR) is 117 cm³/mol. The number of aryl methyl sites for hydroxylation is 1. The zero-order valence-electron chi connectivity index (χ0n) is 17.4. The number of aromatic amines is 1. The maximum absolute atomic E-state index is 11.3. The van der Waals surface area contributed by atoms with Crippen molar-refractivity contribution in [3.05, 3.63) is 52.1 Å². The van der Waals surface area contributed by atoms with E-state index in [0.717, 1.165) is 0 Å². The van der Waals surface area contributed by atoms with Crippen molar-refractivity contribution in [1.29, 1.82) is 0 Å². The van der Waals surface area contributed by atoms with E-state index in [1.54, 1.807) is 19.1 Å². The van der Waals surface area contributed by atoms with E-state index in [0.29, 0.717) is 11.4 Å². The Labute approximate surface area is 186 Å². The van der Waals surface area contributed by atoms with Crippen LogP contribution in [-0.4, -0.2) is 59.2 Å². The molecule has 0 radical (unpaired) electrons. The fraction of sp³-hybridized carbons (Fsp3) is 0.211. The maximum Gasteiger partial charge on any atom is 0.335 e. The zero-order chi connectivity index (χ0) is 25.1. The topological polar surface area (TPSA) is 261 Å². The Bertz CT molecular complexity index is 1180. The first-order chi connectivity index (χ1) is 15.4. The molecule has 0 spiro atoms. The number of nitrogen functional groups attached to an aromatic ring is 2. The van der Waals surface area contributed by atoms with Gasteiger partial charge in [0, 0.05) is 12.1 Å². The van der Waals surface area contributed by atoms with Crippen LogP contribution in [0.15, 0.2) is 35.3 Å². The maximum atomic E-state index is 11.3. The highest BCUT2D eigenvalue weighted by Crippen LogP contribution is 2.04. The number of H-pyrrole nitrogens is 1. The largest absolute Gasteiger partial charge is 0.481 e. The molecule has 1 aromatic carbocycles. The molecule has 0 amide bonds. The number of hydrogen-bond donors (Lipinski definition) is 7. The summed E-state index contributed by atoms with van der Waals surface area (Å²) < 4.78 is 0. The summed E-state index contributed by atoms with van der Waals surface area (Å²) in [7, 11) is 0. The number of aromatic carboxylic acids is 1. The Kier molecular flexibility index (Phi) is 9.86. The molecule has 0 saturated carbocycles. The van der Waals surface area contributed by atoms with Crippen LogP contribution < -0.4 is 22.8 Å². The summed E-state index contributed by atoms with van der Waals surface area (Å²) in [6.07, 6.45) is 1.31. The molecule has 0 aliphatic carbocycles. The third-order valence-electron chi connectivity index (χ3n) is 3.70. The smallest absolute Gasteiger partial charge is 0.335 e. The van der Waals surface area contributed by atoms with Crippen LogP contribution in [0.25, 0.3) is 11.2 Å². The van der Waals surface area contributed by atoms with Gasteiger partial charge in [0.25, 0.3) is 5.56 Å². The second-order valence-corrected chi connectivity index (χ2v) is 6.44. The molecule has 14 nitrogen and oxygen atoms in total. The summed E-state index contributed by atoms with van der Waals surface area (Å²) in [5.41, 5.74) is 17.3. The first kappa shape index (κ1) is 26.4. The Morgan fingerprint density at radius 3 is 2.18 bits per heavy atom. The van der Waals surface area contributed by atoms with Crippen molar-refractivity contribution >= 4 is 40.7 Å². The van der Waals surface area contributed by atoms with Gasteiger partial charge in [-0.1, -0.05) is 0 Å².